The third kappa shape index (κ3) is 6.57. The molecule has 4 aromatic rings. The molecular weight excluding hydrogens is 590 g/mol. The Morgan fingerprint density at radius 2 is 1.62 bits per heavy atom. The molecule has 0 fully saturated rings. The van der Waals surface area contributed by atoms with Crippen molar-refractivity contribution in [3.8, 4) is 0 Å². The Morgan fingerprint density at radius 3 is 2.33 bits per heavy atom. The zero-order valence-corrected chi connectivity index (χ0v) is 25.6. The fourth-order valence-electron chi connectivity index (χ4n) is 5.51. The van der Waals surface area contributed by atoms with E-state index < -0.39 is 6.04 Å². The summed E-state index contributed by atoms with van der Waals surface area (Å²) in [5, 5.41) is 5.12. The Kier molecular flexibility index (Phi) is 9.38. The third-order valence-corrected chi connectivity index (χ3v) is 8.49. The van der Waals surface area contributed by atoms with Crippen LogP contribution in [0.15, 0.2) is 95.5 Å². The van der Waals surface area contributed by atoms with Crippen LogP contribution in [-0.2, 0) is 22.6 Å². The van der Waals surface area contributed by atoms with Crippen molar-refractivity contribution in [2.75, 3.05) is 11.4 Å². The number of amides is 3. The highest BCUT2D eigenvalue weighted by molar-refractivity contribution is 9.10. The number of benzene rings is 4. The number of nitrogens with zero attached hydrogens (tertiary/aromatic N) is 2. The van der Waals surface area contributed by atoms with E-state index in [2.05, 4.69) is 21.2 Å². The summed E-state index contributed by atoms with van der Waals surface area (Å²) in [5.41, 5.74) is 3.53. The van der Waals surface area contributed by atoms with Crippen LogP contribution in [0.25, 0.3) is 10.8 Å². The van der Waals surface area contributed by atoms with E-state index in [0.29, 0.717) is 31.5 Å². The van der Waals surface area contributed by atoms with Gasteiger partial charge in [-0.2, -0.15) is 0 Å². The van der Waals surface area contributed by atoms with Crippen LogP contribution < -0.4 is 10.2 Å². The van der Waals surface area contributed by atoms with Crippen LogP contribution in [-0.4, -0.2) is 41.2 Å². The Morgan fingerprint density at radius 1 is 0.905 bits per heavy atom. The molecule has 6 nitrogen and oxygen atoms in total. The van der Waals surface area contributed by atoms with Gasteiger partial charge in [0.25, 0.3) is 5.91 Å². The summed E-state index contributed by atoms with van der Waals surface area (Å²) in [6, 6.07) is 28.7. The van der Waals surface area contributed by atoms with Gasteiger partial charge in [0.1, 0.15) is 6.04 Å². The van der Waals surface area contributed by atoms with Crippen LogP contribution in [0.4, 0.5) is 5.69 Å². The van der Waals surface area contributed by atoms with E-state index in [1.807, 2.05) is 105 Å². The molecule has 1 heterocycles. The second-order valence-corrected chi connectivity index (χ2v) is 11.8. The third-order valence-electron chi connectivity index (χ3n) is 7.96. The minimum Gasteiger partial charge on any atom is -0.352 e. The Bertz CT molecular complexity index is 1570. The van der Waals surface area contributed by atoms with Gasteiger partial charge in [0, 0.05) is 47.4 Å². The summed E-state index contributed by atoms with van der Waals surface area (Å²) in [6.07, 6.45) is 1.90. The van der Waals surface area contributed by atoms with Crippen molar-refractivity contribution in [3.05, 3.63) is 112 Å². The zero-order chi connectivity index (χ0) is 29.6. The molecular formula is C35H36BrN3O3. The molecule has 0 aliphatic carbocycles. The summed E-state index contributed by atoms with van der Waals surface area (Å²) in [6.45, 7) is 4.74. The number of carbonyl (C=O) groups excluding carboxylic acids is 3. The quantitative estimate of drug-likeness (QED) is 0.186. The molecule has 0 radical (unpaired) electrons. The number of hydrogen-bond donors (Lipinski definition) is 1. The van der Waals surface area contributed by atoms with E-state index in [4.69, 9.17) is 0 Å². The highest BCUT2D eigenvalue weighted by atomic mass is 79.9. The molecule has 0 aromatic heterocycles. The van der Waals surface area contributed by atoms with Crippen molar-refractivity contribution in [2.45, 2.75) is 58.2 Å². The molecule has 1 aliphatic heterocycles. The van der Waals surface area contributed by atoms with Gasteiger partial charge in [-0.3, -0.25) is 14.4 Å². The van der Waals surface area contributed by atoms with Crippen molar-refractivity contribution in [1.82, 2.24) is 10.2 Å². The van der Waals surface area contributed by atoms with Crippen molar-refractivity contribution >= 4 is 50.1 Å². The molecule has 1 N–H and O–H groups in total. The van der Waals surface area contributed by atoms with Gasteiger partial charge >= 0.3 is 0 Å². The van der Waals surface area contributed by atoms with Crippen LogP contribution in [0.1, 0.15) is 54.6 Å². The molecule has 0 saturated heterocycles. The zero-order valence-electron chi connectivity index (χ0n) is 24.1. The minimum atomic E-state index is -0.677. The molecule has 0 bridgehead atoms. The maximum absolute atomic E-state index is 14.0. The molecule has 0 saturated carbocycles. The lowest BCUT2D eigenvalue weighted by Gasteiger charge is -2.32. The molecule has 42 heavy (non-hydrogen) atoms. The highest BCUT2D eigenvalue weighted by Gasteiger charge is 2.32. The fraction of sp³-hybridized carbons (Fsp3) is 0.286. The number of hydrogen-bond acceptors (Lipinski definition) is 3. The van der Waals surface area contributed by atoms with Crippen molar-refractivity contribution in [2.24, 2.45) is 0 Å². The summed E-state index contributed by atoms with van der Waals surface area (Å²) < 4.78 is 0.950. The van der Waals surface area contributed by atoms with E-state index in [1.165, 1.54) is 0 Å². The number of carbonyl (C=O) groups is 3. The van der Waals surface area contributed by atoms with Gasteiger partial charge in [-0.05, 0) is 60.5 Å². The molecule has 5 rings (SSSR count). The first-order valence-corrected chi connectivity index (χ1v) is 15.4. The number of nitrogens with one attached hydrogen (secondary N) is 1. The Balaban J connectivity index is 1.37. The molecule has 216 valence electrons. The van der Waals surface area contributed by atoms with Crippen molar-refractivity contribution < 1.29 is 14.4 Å². The maximum Gasteiger partial charge on any atom is 0.258 e. The van der Waals surface area contributed by atoms with Crippen LogP contribution in [0, 0.1) is 0 Å². The topological polar surface area (TPSA) is 69.7 Å². The first-order valence-electron chi connectivity index (χ1n) is 14.6. The van der Waals surface area contributed by atoms with Crippen molar-refractivity contribution in [3.63, 3.8) is 0 Å². The van der Waals surface area contributed by atoms with Gasteiger partial charge in [-0.15, -0.1) is 0 Å². The van der Waals surface area contributed by atoms with E-state index in [0.717, 1.165) is 38.5 Å². The second kappa shape index (κ2) is 13.3. The van der Waals surface area contributed by atoms with Gasteiger partial charge < -0.3 is 15.1 Å². The molecule has 7 heteroatoms. The van der Waals surface area contributed by atoms with E-state index in [9.17, 15) is 14.4 Å². The normalized spacial score (nSPS) is 13.7. The highest BCUT2D eigenvalue weighted by Crippen LogP contribution is 2.37. The smallest absolute Gasteiger partial charge is 0.258 e. The second-order valence-electron chi connectivity index (χ2n) is 10.9. The number of halogens is 1. The lowest BCUT2D eigenvalue weighted by atomic mass is 10.0. The summed E-state index contributed by atoms with van der Waals surface area (Å²) >= 11 is 3.49. The summed E-state index contributed by atoms with van der Waals surface area (Å²) in [4.78, 5) is 44.5. The van der Waals surface area contributed by atoms with Gasteiger partial charge in [0.2, 0.25) is 11.8 Å². The van der Waals surface area contributed by atoms with Crippen LogP contribution >= 0.6 is 15.9 Å². The summed E-state index contributed by atoms with van der Waals surface area (Å²) in [5.74, 6) is -0.299. The van der Waals surface area contributed by atoms with Gasteiger partial charge in [-0.25, -0.2) is 0 Å². The average molecular weight is 627 g/mol. The molecule has 0 unspecified atom stereocenters. The van der Waals surface area contributed by atoms with E-state index in [1.54, 1.807) is 9.80 Å². The predicted molar refractivity (Wildman–Crippen MR) is 171 cm³/mol. The molecule has 4 aromatic carbocycles. The van der Waals surface area contributed by atoms with Gasteiger partial charge in [-0.1, -0.05) is 89.6 Å². The fourth-order valence-corrected chi connectivity index (χ4v) is 5.78. The lowest BCUT2D eigenvalue weighted by Crippen LogP contribution is -2.52. The molecule has 2 atom stereocenters. The predicted octanol–water partition coefficient (Wildman–Crippen LogP) is 6.90. The number of anilines is 1. The SMILES string of the molecule is CC[C@H](C)NC(=O)[C@H](Cc1ccccc1)N(Cc1ccc(Br)cc1)C(=O)CCCN1C(=O)c2cccc3cccc1c23. The van der Waals surface area contributed by atoms with Crippen LogP contribution in [0.2, 0.25) is 0 Å². The monoisotopic (exact) mass is 625 g/mol. The van der Waals surface area contributed by atoms with E-state index in [-0.39, 0.29) is 30.2 Å². The van der Waals surface area contributed by atoms with Gasteiger partial charge in [0.15, 0.2) is 0 Å². The molecule has 1 aliphatic rings. The molecule has 0 spiro atoms. The van der Waals surface area contributed by atoms with E-state index >= 15 is 0 Å². The maximum atomic E-state index is 14.0. The summed E-state index contributed by atoms with van der Waals surface area (Å²) in [7, 11) is 0. The van der Waals surface area contributed by atoms with Crippen LogP contribution in [0.5, 0.6) is 0 Å². The Labute approximate surface area is 255 Å². The standard InChI is InChI=1S/C35H36BrN3O3/c1-3-24(2)37-34(41)31(22-25-10-5-4-6-11-25)39(23-26-17-19-28(36)20-18-26)32(40)16-9-21-38-30-15-8-13-27-12-7-14-29(33(27)30)35(38)42/h4-8,10-15,17-20,24,31H,3,9,16,21-23H2,1-2H3,(H,37,41)/t24-,31-/m0/s1. The Hall–Kier alpha value is -3.97. The van der Waals surface area contributed by atoms with Gasteiger partial charge in [0.05, 0.1) is 5.69 Å². The number of rotatable bonds is 12. The van der Waals surface area contributed by atoms with Crippen molar-refractivity contribution in [1.29, 1.82) is 0 Å². The first-order chi connectivity index (χ1) is 20.4. The largest absolute Gasteiger partial charge is 0.352 e. The van der Waals surface area contributed by atoms with Crippen LogP contribution in [0.3, 0.4) is 0 Å². The minimum absolute atomic E-state index is 0.00840. The molecule has 3 amide bonds. The average Bonchev–Trinajstić information content (AvgIpc) is 3.28. The first kappa shape index (κ1) is 29.5. The lowest BCUT2D eigenvalue weighted by molar-refractivity contribution is -0.141.